The second-order valence-corrected chi connectivity index (χ2v) is 5.62. The Morgan fingerprint density at radius 3 is 2.86 bits per heavy atom. The first-order chi connectivity index (χ1) is 10.1. The van der Waals surface area contributed by atoms with Crippen molar-refractivity contribution in [2.45, 2.75) is 32.9 Å². The van der Waals surface area contributed by atoms with Crippen LogP contribution in [0.15, 0.2) is 36.7 Å². The zero-order chi connectivity index (χ0) is 15.2. The van der Waals surface area contributed by atoms with Gasteiger partial charge in [0.25, 0.3) is 0 Å². The van der Waals surface area contributed by atoms with Gasteiger partial charge in [-0.1, -0.05) is 24.6 Å². The third kappa shape index (κ3) is 4.10. The number of benzene rings is 1. The summed E-state index contributed by atoms with van der Waals surface area (Å²) in [6, 6.07) is 10.0. The summed E-state index contributed by atoms with van der Waals surface area (Å²) in [6.45, 7) is 6.07. The van der Waals surface area contributed by atoms with Crippen molar-refractivity contribution in [1.82, 2.24) is 9.88 Å². The molecule has 4 heteroatoms. The van der Waals surface area contributed by atoms with E-state index in [9.17, 15) is 0 Å². The van der Waals surface area contributed by atoms with Gasteiger partial charge < -0.3 is 9.88 Å². The SMILES string of the molecule is CCCNC(C)c1ccn(Cc2ccc(C#N)cc2Cl)c1. The number of nitrogens with zero attached hydrogens (tertiary/aromatic N) is 2. The van der Waals surface area contributed by atoms with Crippen molar-refractivity contribution in [3.63, 3.8) is 0 Å². The summed E-state index contributed by atoms with van der Waals surface area (Å²) < 4.78 is 2.12. The van der Waals surface area contributed by atoms with Gasteiger partial charge in [-0.25, -0.2) is 0 Å². The smallest absolute Gasteiger partial charge is 0.0992 e. The van der Waals surface area contributed by atoms with E-state index in [0.717, 1.165) is 18.5 Å². The molecule has 0 amide bonds. The van der Waals surface area contributed by atoms with Crippen LogP contribution in [0.1, 0.15) is 43.0 Å². The summed E-state index contributed by atoms with van der Waals surface area (Å²) in [6.07, 6.45) is 5.34. The van der Waals surface area contributed by atoms with E-state index in [4.69, 9.17) is 16.9 Å². The minimum absolute atomic E-state index is 0.350. The molecule has 1 atom stereocenters. The monoisotopic (exact) mass is 301 g/mol. The highest BCUT2D eigenvalue weighted by molar-refractivity contribution is 6.31. The fourth-order valence-corrected chi connectivity index (χ4v) is 2.47. The Bertz CT molecular complexity index is 640. The van der Waals surface area contributed by atoms with E-state index in [0.29, 0.717) is 23.2 Å². The summed E-state index contributed by atoms with van der Waals surface area (Å²) in [4.78, 5) is 0. The molecule has 0 bridgehead atoms. The number of rotatable bonds is 6. The maximum Gasteiger partial charge on any atom is 0.0992 e. The van der Waals surface area contributed by atoms with Crippen LogP contribution >= 0.6 is 11.6 Å². The molecule has 21 heavy (non-hydrogen) atoms. The number of aromatic nitrogens is 1. The third-order valence-corrected chi connectivity index (χ3v) is 3.86. The minimum atomic E-state index is 0.350. The lowest BCUT2D eigenvalue weighted by atomic mass is 10.1. The largest absolute Gasteiger partial charge is 0.350 e. The quantitative estimate of drug-likeness (QED) is 0.872. The van der Waals surface area contributed by atoms with Gasteiger partial charge in [-0.2, -0.15) is 5.26 Å². The molecule has 1 aromatic heterocycles. The van der Waals surface area contributed by atoms with E-state index < -0.39 is 0 Å². The van der Waals surface area contributed by atoms with Crippen molar-refractivity contribution < 1.29 is 0 Å². The molecule has 1 aromatic carbocycles. The summed E-state index contributed by atoms with van der Waals surface area (Å²) in [7, 11) is 0. The summed E-state index contributed by atoms with van der Waals surface area (Å²) in [5.41, 5.74) is 2.88. The Hall–Kier alpha value is -1.76. The summed E-state index contributed by atoms with van der Waals surface area (Å²) in [5.74, 6) is 0. The molecule has 0 aliphatic rings. The molecule has 0 saturated carbocycles. The summed E-state index contributed by atoms with van der Waals surface area (Å²) >= 11 is 6.22. The molecule has 3 nitrogen and oxygen atoms in total. The molecule has 110 valence electrons. The molecule has 0 aliphatic carbocycles. The standard InChI is InChI=1S/C17H20ClN3/c1-3-7-20-13(2)15-6-8-21(11-15)12-16-5-4-14(10-19)9-17(16)18/h4-6,8-9,11,13,20H,3,7,12H2,1-2H3. The Labute approximate surface area is 131 Å². The van der Waals surface area contributed by atoms with Crippen LogP contribution in [0.4, 0.5) is 0 Å². The highest BCUT2D eigenvalue weighted by atomic mass is 35.5. The van der Waals surface area contributed by atoms with Gasteiger partial charge in [0.05, 0.1) is 11.6 Å². The molecular weight excluding hydrogens is 282 g/mol. The lowest BCUT2D eigenvalue weighted by Gasteiger charge is -2.11. The molecule has 2 aromatic rings. The van der Waals surface area contributed by atoms with Crippen molar-refractivity contribution in [1.29, 1.82) is 5.26 Å². The average molecular weight is 302 g/mol. The van der Waals surface area contributed by atoms with Gasteiger partial charge >= 0.3 is 0 Å². The van der Waals surface area contributed by atoms with E-state index in [-0.39, 0.29) is 0 Å². The van der Waals surface area contributed by atoms with Crippen molar-refractivity contribution in [3.05, 3.63) is 58.4 Å². The minimum Gasteiger partial charge on any atom is -0.350 e. The zero-order valence-corrected chi connectivity index (χ0v) is 13.2. The second kappa shape index (κ2) is 7.31. The molecule has 1 N–H and O–H groups in total. The molecule has 0 fully saturated rings. The predicted molar refractivity (Wildman–Crippen MR) is 86.4 cm³/mol. The van der Waals surface area contributed by atoms with Gasteiger partial charge in [0.15, 0.2) is 0 Å². The first-order valence-electron chi connectivity index (χ1n) is 7.21. The van der Waals surface area contributed by atoms with Crippen LogP contribution in [-0.2, 0) is 6.54 Å². The van der Waals surface area contributed by atoms with Gasteiger partial charge in [0, 0.05) is 30.0 Å². The van der Waals surface area contributed by atoms with Crippen LogP contribution in [0.5, 0.6) is 0 Å². The van der Waals surface area contributed by atoms with Gasteiger partial charge in [-0.3, -0.25) is 0 Å². The Balaban J connectivity index is 2.07. The fourth-order valence-electron chi connectivity index (χ4n) is 2.23. The van der Waals surface area contributed by atoms with Crippen molar-refractivity contribution in [2.24, 2.45) is 0 Å². The molecule has 0 spiro atoms. The van der Waals surface area contributed by atoms with Crippen LogP contribution in [0.2, 0.25) is 5.02 Å². The second-order valence-electron chi connectivity index (χ2n) is 5.21. The molecule has 2 rings (SSSR count). The predicted octanol–water partition coefficient (Wildman–Crippen LogP) is 4.12. The van der Waals surface area contributed by atoms with Gasteiger partial charge in [0.2, 0.25) is 0 Å². The third-order valence-electron chi connectivity index (χ3n) is 3.51. The van der Waals surface area contributed by atoms with E-state index in [1.807, 2.05) is 6.07 Å². The zero-order valence-electron chi connectivity index (χ0n) is 12.4. The van der Waals surface area contributed by atoms with Gasteiger partial charge in [-0.05, 0) is 49.2 Å². The molecule has 0 saturated heterocycles. The Morgan fingerprint density at radius 1 is 1.38 bits per heavy atom. The van der Waals surface area contributed by atoms with Crippen LogP contribution in [0, 0.1) is 11.3 Å². The van der Waals surface area contributed by atoms with Crippen molar-refractivity contribution >= 4 is 11.6 Å². The molecular formula is C17H20ClN3. The first kappa shape index (κ1) is 15.6. The number of nitriles is 1. The van der Waals surface area contributed by atoms with Crippen molar-refractivity contribution in [3.8, 4) is 6.07 Å². The first-order valence-corrected chi connectivity index (χ1v) is 7.59. The lowest BCUT2D eigenvalue weighted by Crippen LogP contribution is -2.18. The highest BCUT2D eigenvalue weighted by Crippen LogP contribution is 2.20. The lowest BCUT2D eigenvalue weighted by molar-refractivity contribution is 0.569. The molecule has 0 aliphatic heterocycles. The highest BCUT2D eigenvalue weighted by Gasteiger charge is 2.07. The van der Waals surface area contributed by atoms with Crippen LogP contribution in [0.25, 0.3) is 0 Å². The van der Waals surface area contributed by atoms with E-state index in [1.54, 1.807) is 12.1 Å². The average Bonchev–Trinajstić information content (AvgIpc) is 2.95. The van der Waals surface area contributed by atoms with E-state index >= 15 is 0 Å². The normalized spacial score (nSPS) is 12.1. The number of halogens is 1. The summed E-state index contributed by atoms with van der Waals surface area (Å²) in [5, 5.41) is 13.0. The maximum absolute atomic E-state index is 8.86. The van der Waals surface area contributed by atoms with Crippen molar-refractivity contribution in [2.75, 3.05) is 6.54 Å². The Kier molecular flexibility index (Phi) is 5.44. The van der Waals surface area contributed by atoms with Crippen LogP contribution < -0.4 is 5.32 Å². The van der Waals surface area contributed by atoms with Gasteiger partial charge in [-0.15, -0.1) is 0 Å². The molecule has 1 unspecified atom stereocenters. The maximum atomic E-state index is 8.86. The van der Waals surface area contributed by atoms with Gasteiger partial charge in [0.1, 0.15) is 0 Å². The topological polar surface area (TPSA) is 40.8 Å². The van der Waals surface area contributed by atoms with E-state index in [2.05, 4.69) is 48.3 Å². The van der Waals surface area contributed by atoms with E-state index in [1.165, 1.54) is 5.56 Å². The number of nitrogens with one attached hydrogen (secondary N) is 1. The molecule has 1 heterocycles. The van der Waals surface area contributed by atoms with Crippen LogP contribution in [0.3, 0.4) is 0 Å². The Morgan fingerprint density at radius 2 is 2.19 bits per heavy atom. The number of hydrogen-bond acceptors (Lipinski definition) is 2. The van der Waals surface area contributed by atoms with Crippen LogP contribution in [-0.4, -0.2) is 11.1 Å². The fraction of sp³-hybridized carbons (Fsp3) is 0.353. The number of hydrogen-bond donors (Lipinski definition) is 1. The molecule has 0 radical (unpaired) electrons.